The Labute approximate surface area is 176 Å². The molecule has 0 fully saturated rings. The molecule has 3 aromatic rings. The van der Waals surface area contributed by atoms with Crippen LogP contribution in [0.3, 0.4) is 0 Å². The predicted octanol–water partition coefficient (Wildman–Crippen LogP) is 5.89. The van der Waals surface area contributed by atoms with Crippen LogP contribution in [0.15, 0.2) is 36.4 Å². The number of nitrogens with one attached hydrogen (secondary N) is 1. The summed E-state index contributed by atoms with van der Waals surface area (Å²) in [4.78, 5) is 14.8. The number of hydrogen-bond acceptors (Lipinski definition) is 2. The molecule has 0 atom stereocenters. The average molecular weight is 441 g/mol. The lowest BCUT2D eigenvalue weighted by Gasteiger charge is -2.28. The number of nitrogens with zero attached hydrogens (tertiary/aromatic N) is 2. The minimum Gasteiger partial charge on any atom is -0.334 e. The molecule has 0 unspecified atom stereocenters. The Kier molecular flexibility index (Phi) is 5.08. The van der Waals surface area contributed by atoms with Crippen LogP contribution in [0, 0.1) is 0 Å². The van der Waals surface area contributed by atoms with Crippen molar-refractivity contribution in [3.05, 3.63) is 73.3 Å². The number of carbonyl (C=O) groups excluding carboxylic acids is 1. The molecule has 1 amide bonds. The third-order valence-corrected chi connectivity index (χ3v) is 5.93. The summed E-state index contributed by atoms with van der Waals surface area (Å²) < 4.78 is 0. The highest BCUT2D eigenvalue weighted by atomic mass is 35.5. The van der Waals surface area contributed by atoms with E-state index >= 15 is 0 Å². The monoisotopic (exact) mass is 439 g/mol. The zero-order chi connectivity index (χ0) is 19.1. The van der Waals surface area contributed by atoms with Gasteiger partial charge < -0.3 is 4.90 Å². The van der Waals surface area contributed by atoms with Crippen molar-refractivity contribution in [3.8, 4) is 11.3 Å². The van der Waals surface area contributed by atoms with Crippen LogP contribution in [0.5, 0.6) is 0 Å². The average Bonchev–Trinajstić information content (AvgIpc) is 3.08. The van der Waals surface area contributed by atoms with Gasteiger partial charge in [0.2, 0.25) is 0 Å². The highest BCUT2D eigenvalue weighted by Gasteiger charge is 2.29. The Morgan fingerprint density at radius 2 is 1.85 bits per heavy atom. The number of aromatic amines is 1. The van der Waals surface area contributed by atoms with Gasteiger partial charge in [-0.1, -0.05) is 58.5 Å². The van der Waals surface area contributed by atoms with Crippen LogP contribution in [0.1, 0.15) is 21.6 Å². The van der Waals surface area contributed by atoms with Crippen molar-refractivity contribution < 1.29 is 4.79 Å². The lowest BCUT2D eigenvalue weighted by molar-refractivity contribution is 0.0735. The molecule has 1 aliphatic rings. The minimum absolute atomic E-state index is 0.169. The molecule has 1 aliphatic heterocycles. The summed E-state index contributed by atoms with van der Waals surface area (Å²) in [5.74, 6) is -0.253. The summed E-state index contributed by atoms with van der Waals surface area (Å²) in [7, 11) is 0. The zero-order valence-electron chi connectivity index (χ0n) is 13.9. The van der Waals surface area contributed by atoms with Crippen molar-refractivity contribution in [2.75, 3.05) is 6.54 Å². The minimum atomic E-state index is -0.253. The first-order chi connectivity index (χ1) is 13.0. The first kappa shape index (κ1) is 18.6. The lowest BCUT2D eigenvalue weighted by atomic mass is 10.0. The molecule has 2 heterocycles. The van der Waals surface area contributed by atoms with E-state index in [1.807, 2.05) is 24.3 Å². The Balaban J connectivity index is 1.69. The number of amides is 1. The number of aromatic nitrogens is 2. The third-order valence-electron chi connectivity index (χ3n) is 4.58. The molecule has 4 nitrogen and oxygen atoms in total. The Bertz CT molecular complexity index is 1050. The highest BCUT2D eigenvalue weighted by Crippen LogP contribution is 2.35. The van der Waals surface area contributed by atoms with Crippen LogP contribution in [0.2, 0.25) is 20.1 Å². The summed E-state index contributed by atoms with van der Waals surface area (Å²) in [5.41, 5.74) is 3.88. The number of rotatable bonds is 2. The second-order valence-corrected chi connectivity index (χ2v) is 7.86. The van der Waals surface area contributed by atoms with Gasteiger partial charge in [0.1, 0.15) is 0 Å². The van der Waals surface area contributed by atoms with E-state index in [1.54, 1.807) is 17.0 Å². The number of carbonyl (C=O) groups is 1. The second kappa shape index (κ2) is 7.36. The fraction of sp³-hybridized carbons (Fsp3) is 0.158. The molecule has 8 heteroatoms. The zero-order valence-corrected chi connectivity index (χ0v) is 16.9. The first-order valence-electron chi connectivity index (χ1n) is 8.20. The van der Waals surface area contributed by atoms with Crippen LogP contribution in [-0.4, -0.2) is 27.5 Å². The van der Waals surface area contributed by atoms with Crippen LogP contribution in [0.4, 0.5) is 0 Å². The molecule has 0 saturated heterocycles. The summed E-state index contributed by atoms with van der Waals surface area (Å²) in [6, 6.07) is 10.6. The topological polar surface area (TPSA) is 49.0 Å². The van der Waals surface area contributed by atoms with E-state index < -0.39 is 0 Å². The Morgan fingerprint density at radius 3 is 2.63 bits per heavy atom. The Morgan fingerprint density at radius 1 is 1.07 bits per heavy atom. The molecular weight excluding hydrogens is 428 g/mol. The van der Waals surface area contributed by atoms with E-state index in [2.05, 4.69) is 10.2 Å². The second-order valence-electron chi connectivity index (χ2n) is 6.23. The fourth-order valence-corrected chi connectivity index (χ4v) is 4.10. The van der Waals surface area contributed by atoms with Crippen LogP contribution in [-0.2, 0) is 13.0 Å². The summed E-state index contributed by atoms with van der Waals surface area (Å²) in [5, 5.41) is 8.88. The van der Waals surface area contributed by atoms with Gasteiger partial charge in [0, 0.05) is 41.4 Å². The SMILES string of the molecule is O=C(c1c(Cl)ccc(Cl)c1Cl)N1CCc2[nH]nc(-c3cccc(Cl)c3)c2C1. The van der Waals surface area contributed by atoms with Crippen molar-refractivity contribution in [2.45, 2.75) is 13.0 Å². The highest BCUT2D eigenvalue weighted by molar-refractivity contribution is 6.46. The summed E-state index contributed by atoms with van der Waals surface area (Å²) in [6.45, 7) is 0.924. The molecule has 1 N–H and O–H groups in total. The number of halogens is 4. The maximum atomic E-state index is 13.1. The predicted molar refractivity (Wildman–Crippen MR) is 109 cm³/mol. The van der Waals surface area contributed by atoms with Gasteiger partial charge in [-0.25, -0.2) is 0 Å². The quantitative estimate of drug-likeness (QED) is 0.505. The van der Waals surface area contributed by atoms with Gasteiger partial charge >= 0.3 is 0 Å². The molecule has 0 saturated carbocycles. The van der Waals surface area contributed by atoms with E-state index in [-0.39, 0.29) is 21.5 Å². The van der Waals surface area contributed by atoms with Crippen molar-refractivity contribution in [1.29, 1.82) is 0 Å². The van der Waals surface area contributed by atoms with Gasteiger partial charge in [0.05, 0.1) is 26.3 Å². The van der Waals surface area contributed by atoms with Gasteiger partial charge in [-0.3, -0.25) is 9.89 Å². The first-order valence-corrected chi connectivity index (χ1v) is 9.71. The van der Waals surface area contributed by atoms with Gasteiger partial charge in [0.15, 0.2) is 0 Å². The maximum absolute atomic E-state index is 13.1. The summed E-state index contributed by atoms with van der Waals surface area (Å²) in [6.07, 6.45) is 0.657. The van der Waals surface area contributed by atoms with Crippen molar-refractivity contribution in [3.63, 3.8) is 0 Å². The van der Waals surface area contributed by atoms with E-state index in [4.69, 9.17) is 46.4 Å². The molecule has 1 aromatic heterocycles. The van der Waals surface area contributed by atoms with Gasteiger partial charge in [-0.05, 0) is 24.3 Å². The standard InChI is InChI=1S/C19H13Cl4N3O/c20-11-3-1-2-10(8-11)18-12-9-26(7-6-15(12)24-25-18)19(27)16-13(21)4-5-14(22)17(16)23/h1-5,8H,6-7,9H2,(H,24,25). The molecule has 0 bridgehead atoms. The number of fused-ring (bicyclic) bond motifs is 1. The van der Waals surface area contributed by atoms with Crippen molar-refractivity contribution in [2.24, 2.45) is 0 Å². The lowest BCUT2D eigenvalue weighted by Crippen LogP contribution is -2.36. The smallest absolute Gasteiger partial charge is 0.257 e. The Hall–Kier alpha value is -1.72. The van der Waals surface area contributed by atoms with E-state index in [1.165, 1.54) is 0 Å². The molecule has 0 radical (unpaired) electrons. The molecule has 2 aromatic carbocycles. The maximum Gasteiger partial charge on any atom is 0.257 e. The van der Waals surface area contributed by atoms with Crippen LogP contribution in [0.25, 0.3) is 11.3 Å². The van der Waals surface area contributed by atoms with E-state index in [9.17, 15) is 4.79 Å². The molecule has 138 valence electrons. The molecule has 0 aliphatic carbocycles. The number of benzene rings is 2. The molecule has 27 heavy (non-hydrogen) atoms. The molecule has 0 spiro atoms. The molecular formula is C19H13Cl4N3O. The number of H-pyrrole nitrogens is 1. The fourth-order valence-electron chi connectivity index (χ4n) is 3.22. The van der Waals surface area contributed by atoms with Crippen LogP contribution < -0.4 is 0 Å². The third kappa shape index (κ3) is 3.43. The molecule has 4 rings (SSSR count). The van der Waals surface area contributed by atoms with Crippen molar-refractivity contribution in [1.82, 2.24) is 15.1 Å². The van der Waals surface area contributed by atoms with Crippen LogP contribution >= 0.6 is 46.4 Å². The van der Waals surface area contributed by atoms with Gasteiger partial charge in [-0.2, -0.15) is 5.10 Å². The number of hydrogen-bond donors (Lipinski definition) is 1. The van der Waals surface area contributed by atoms with E-state index in [0.717, 1.165) is 22.5 Å². The normalized spacial score (nSPS) is 13.6. The van der Waals surface area contributed by atoms with Crippen molar-refractivity contribution >= 4 is 52.3 Å². The van der Waals surface area contributed by atoms with Gasteiger partial charge in [-0.15, -0.1) is 0 Å². The summed E-state index contributed by atoms with van der Waals surface area (Å²) >= 11 is 24.6. The van der Waals surface area contributed by atoms with Gasteiger partial charge in [0.25, 0.3) is 5.91 Å². The largest absolute Gasteiger partial charge is 0.334 e. The van der Waals surface area contributed by atoms with E-state index in [0.29, 0.717) is 29.6 Å².